The molecule has 11 heteroatoms. The lowest BCUT2D eigenvalue weighted by Crippen LogP contribution is -2.60. The van der Waals surface area contributed by atoms with Crippen molar-refractivity contribution in [3.8, 4) is 23.0 Å². The molecule has 11 nitrogen and oxygen atoms in total. The number of aliphatic hydroxyl groups excluding tert-OH is 4. The highest BCUT2D eigenvalue weighted by molar-refractivity contribution is 5.95. The van der Waals surface area contributed by atoms with Crippen LogP contribution in [0.1, 0.15) is 27.6 Å². The third-order valence-corrected chi connectivity index (χ3v) is 5.94. The molecule has 0 radical (unpaired) electrons. The number of cyclic esters (lactones) is 1. The molecule has 34 heavy (non-hydrogen) atoms. The molecular formula is C23H26O11. The highest BCUT2D eigenvalue weighted by Gasteiger charge is 2.45. The fraction of sp³-hybridized carbons (Fsp3) is 0.435. The van der Waals surface area contributed by atoms with Gasteiger partial charge in [-0.2, -0.15) is 0 Å². The topological polar surface area (TPSA) is 164 Å². The van der Waals surface area contributed by atoms with Crippen LogP contribution < -0.4 is 14.2 Å². The van der Waals surface area contributed by atoms with Crippen LogP contribution >= 0.6 is 0 Å². The maximum Gasteiger partial charge on any atom is 0.342 e. The standard InChI is InChI=1S/C23H26O11/c1-30-14-7-11(8-15(31-2)18(14)25)13-6-10-4-3-5-12(17(10)22(29)32-13)33-23-21(28)20(27)19(26)16(9-24)34-23/h3-5,7-8,13,16,19-21,23-28H,6,9H2,1-2H3/t13-,16-,19-,20+,21+,23-/m1/s1. The maximum atomic E-state index is 13.0. The minimum Gasteiger partial charge on any atom is -0.502 e. The molecule has 0 aromatic heterocycles. The number of phenolic OH excluding ortho intramolecular Hbond substituents is 1. The summed E-state index contributed by atoms with van der Waals surface area (Å²) in [4.78, 5) is 13.0. The second-order valence-electron chi connectivity index (χ2n) is 7.98. The molecule has 184 valence electrons. The largest absolute Gasteiger partial charge is 0.502 e. The van der Waals surface area contributed by atoms with E-state index in [1.165, 1.54) is 20.3 Å². The van der Waals surface area contributed by atoms with E-state index in [4.69, 9.17) is 23.7 Å². The second kappa shape index (κ2) is 9.65. The number of esters is 1. The van der Waals surface area contributed by atoms with Crippen molar-refractivity contribution in [2.75, 3.05) is 20.8 Å². The number of phenols is 1. The van der Waals surface area contributed by atoms with Gasteiger partial charge in [-0.15, -0.1) is 0 Å². The number of fused-ring (bicyclic) bond motifs is 1. The molecule has 2 aliphatic rings. The average Bonchev–Trinajstić information content (AvgIpc) is 2.84. The Hall–Kier alpha value is -3.09. The van der Waals surface area contributed by atoms with Gasteiger partial charge in [0.25, 0.3) is 0 Å². The number of hydrogen-bond acceptors (Lipinski definition) is 11. The zero-order chi connectivity index (χ0) is 24.6. The van der Waals surface area contributed by atoms with Crippen LogP contribution in [0.3, 0.4) is 0 Å². The fourth-order valence-electron chi connectivity index (χ4n) is 4.08. The number of rotatable bonds is 6. The van der Waals surface area contributed by atoms with E-state index in [9.17, 15) is 30.3 Å². The Morgan fingerprint density at radius 2 is 1.68 bits per heavy atom. The smallest absolute Gasteiger partial charge is 0.342 e. The lowest BCUT2D eigenvalue weighted by atomic mass is 9.93. The Bertz CT molecular complexity index is 1030. The van der Waals surface area contributed by atoms with Gasteiger partial charge in [-0.05, 0) is 23.8 Å². The molecule has 6 atom stereocenters. The van der Waals surface area contributed by atoms with Crippen molar-refractivity contribution in [1.82, 2.24) is 0 Å². The number of aliphatic hydroxyl groups is 4. The van der Waals surface area contributed by atoms with Gasteiger partial charge < -0.3 is 49.2 Å². The number of benzene rings is 2. The van der Waals surface area contributed by atoms with Crippen molar-refractivity contribution >= 4 is 5.97 Å². The van der Waals surface area contributed by atoms with Crippen molar-refractivity contribution < 1.29 is 54.0 Å². The molecule has 5 N–H and O–H groups in total. The van der Waals surface area contributed by atoms with Crippen LogP contribution in [0.25, 0.3) is 0 Å². The first-order chi connectivity index (χ1) is 16.3. The molecule has 0 unspecified atom stereocenters. The van der Waals surface area contributed by atoms with Gasteiger partial charge in [-0.3, -0.25) is 0 Å². The van der Waals surface area contributed by atoms with Crippen molar-refractivity contribution in [2.45, 2.75) is 43.2 Å². The molecule has 2 aromatic carbocycles. The quantitative estimate of drug-likeness (QED) is 0.356. The third-order valence-electron chi connectivity index (χ3n) is 5.94. The van der Waals surface area contributed by atoms with Crippen molar-refractivity contribution in [1.29, 1.82) is 0 Å². The summed E-state index contributed by atoms with van der Waals surface area (Å²) in [5, 5.41) is 49.7. The van der Waals surface area contributed by atoms with E-state index >= 15 is 0 Å². The predicted molar refractivity (Wildman–Crippen MR) is 114 cm³/mol. The van der Waals surface area contributed by atoms with Gasteiger partial charge in [-0.1, -0.05) is 12.1 Å². The summed E-state index contributed by atoms with van der Waals surface area (Å²) in [5.74, 6) is -0.498. The zero-order valence-corrected chi connectivity index (χ0v) is 18.5. The van der Waals surface area contributed by atoms with E-state index in [-0.39, 0.29) is 35.0 Å². The van der Waals surface area contributed by atoms with Gasteiger partial charge in [0.2, 0.25) is 12.0 Å². The number of carbonyl (C=O) groups excluding carboxylic acids is 1. The van der Waals surface area contributed by atoms with Crippen LogP contribution in [0.4, 0.5) is 0 Å². The Morgan fingerprint density at radius 3 is 2.29 bits per heavy atom. The monoisotopic (exact) mass is 478 g/mol. The summed E-state index contributed by atoms with van der Waals surface area (Å²) < 4.78 is 27.1. The summed E-state index contributed by atoms with van der Waals surface area (Å²) in [7, 11) is 2.78. The molecule has 1 saturated heterocycles. The van der Waals surface area contributed by atoms with Crippen LogP contribution in [0.5, 0.6) is 23.0 Å². The summed E-state index contributed by atoms with van der Waals surface area (Å²) in [5.41, 5.74) is 1.26. The summed E-state index contributed by atoms with van der Waals surface area (Å²) in [6.07, 6.45) is -7.81. The van der Waals surface area contributed by atoms with Crippen molar-refractivity contribution in [2.24, 2.45) is 0 Å². The molecule has 4 rings (SSSR count). The van der Waals surface area contributed by atoms with E-state index in [2.05, 4.69) is 0 Å². The Kier molecular flexibility index (Phi) is 6.82. The number of carbonyl (C=O) groups is 1. The van der Waals surface area contributed by atoms with Crippen LogP contribution in [-0.2, 0) is 15.9 Å². The summed E-state index contributed by atoms with van der Waals surface area (Å²) in [6, 6.07) is 7.95. The lowest BCUT2D eigenvalue weighted by molar-refractivity contribution is -0.277. The van der Waals surface area contributed by atoms with Crippen LogP contribution in [-0.4, -0.2) is 83.0 Å². The molecule has 2 heterocycles. The summed E-state index contributed by atoms with van der Waals surface area (Å²) >= 11 is 0. The SMILES string of the molecule is COc1cc([C@H]2Cc3cccc(O[C@@H]4O[C@H](CO)[C@@H](O)[C@H](O)[C@@H]4O)c3C(=O)O2)cc(OC)c1O. The minimum atomic E-state index is -1.63. The van der Waals surface area contributed by atoms with E-state index in [1.807, 2.05) is 0 Å². The van der Waals surface area contributed by atoms with Gasteiger partial charge in [-0.25, -0.2) is 4.79 Å². The molecule has 0 aliphatic carbocycles. The van der Waals surface area contributed by atoms with Gasteiger partial charge in [0.1, 0.15) is 41.8 Å². The highest BCUT2D eigenvalue weighted by Crippen LogP contribution is 2.42. The molecule has 2 aliphatic heterocycles. The normalized spacial score (nSPS) is 28.6. The predicted octanol–water partition coefficient (Wildman–Crippen LogP) is 0.0423. The number of hydrogen-bond donors (Lipinski definition) is 5. The third kappa shape index (κ3) is 4.24. The minimum absolute atomic E-state index is 0.0474. The van der Waals surface area contributed by atoms with E-state index in [0.717, 1.165) is 0 Å². The van der Waals surface area contributed by atoms with Crippen LogP contribution in [0.15, 0.2) is 30.3 Å². The maximum absolute atomic E-state index is 13.0. The number of aromatic hydroxyl groups is 1. The molecule has 1 fully saturated rings. The Morgan fingerprint density at radius 1 is 1.00 bits per heavy atom. The molecule has 0 bridgehead atoms. The average molecular weight is 478 g/mol. The Labute approximate surface area is 194 Å². The Balaban J connectivity index is 1.61. The van der Waals surface area contributed by atoms with Gasteiger partial charge in [0, 0.05) is 12.0 Å². The van der Waals surface area contributed by atoms with Crippen molar-refractivity contribution in [3.63, 3.8) is 0 Å². The van der Waals surface area contributed by atoms with E-state index in [0.29, 0.717) is 11.1 Å². The fourth-order valence-corrected chi connectivity index (χ4v) is 4.08. The van der Waals surface area contributed by atoms with Crippen LogP contribution in [0, 0.1) is 0 Å². The van der Waals surface area contributed by atoms with E-state index in [1.54, 1.807) is 24.3 Å². The molecule has 0 saturated carbocycles. The first-order valence-electron chi connectivity index (χ1n) is 10.5. The van der Waals surface area contributed by atoms with Gasteiger partial charge in [0.15, 0.2) is 11.5 Å². The zero-order valence-electron chi connectivity index (χ0n) is 18.5. The van der Waals surface area contributed by atoms with Gasteiger partial charge >= 0.3 is 5.97 Å². The summed E-state index contributed by atoms with van der Waals surface area (Å²) in [6.45, 7) is -0.610. The molecule has 0 amide bonds. The van der Waals surface area contributed by atoms with Crippen molar-refractivity contribution in [3.05, 3.63) is 47.0 Å². The number of methoxy groups -OCH3 is 2. The molecule has 2 aromatic rings. The highest BCUT2D eigenvalue weighted by atomic mass is 16.7. The molecular weight excluding hydrogens is 452 g/mol. The first-order valence-corrected chi connectivity index (χ1v) is 10.5. The van der Waals surface area contributed by atoms with Crippen LogP contribution in [0.2, 0.25) is 0 Å². The lowest BCUT2D eigenvalue weighted by Gasteiger charge is -2.40. The molecule has 0 spiro atoms. The second-order valence-corrected chi connectivity index (χ2v) is 7.98. The first kappa shape index (κ1) is 24.0. The van der Waals surface area contributed by atoms with Gasteiger partial charge in [0.05, 0.1) is 20.8 Å². The van der Waals surface area contributed by atoms with E-state index < -0.39 is 49.4 Å². The number of ether oxygens (including phenoxy) is 5.